The predicted octanol–water partition coefficient (Wildman–Crippen LogP) is -18.0. The van der Waals surface area contributed by atoms with Gasteiger partial charge in [0.1, 0.15) is 0 Å². The van der Waals surface area contributed by atoms with Crippen LogP contribution in [0.3, 0.4) is 0 Å². The molecule has 0 rings (SSSR count). The number of halogens is 6. The summed E-state index contributed by atoms with van der Waals surface area (Å²) in [6.45, 7) is 0. The van der Waals surface area contributed by atoms with Gasteiger partial charge in [0.05, 0.1) is 0 Å². The van der Waals surface area contributed by atoms with Crippen molar-refractivity contribution in [1.29, 1.82) is 0 Å². The van der Waals surface area contributed by atoms with Crippen LogP contribution in [0.5, 0.6) is 0 Å². The third-order valence-electron chi connectivity index (χ3n) is 0. The fraction of sp³-hybridized carbons (Fsp3) is 0. The van der Waals surface area contributed by atoms with Crippen LogP contribution in [0.1, 0.15) is 0 Å². The van der Waals surface area contributed by atoms with Crippen LogP contribution in [-0.4, -0.2) is 0 Å². The van der Waals surface area contributed by atoms with Crippen molar-refractivity contribution in [3.05, 3.63) is 0 Å². The van der Waals surface area contributed by atoms with Gasteiger partial charge in [0.15, 0.2) is 0 Å². The second-order valence-electron chi connectivity index (χ2n) is 0. The molecule has 0 aliphatic heterocycles. The summed E-state index contributed by atoms with van der Waals surface area (Å²) in [6, 6.07) is 0. The summed E-state index contributed by atoms with van der Waals surface area (Å²) in [5, 5.41) is 0. The zero-order valence-corrected chi connectivity index (χ0v) is 11.9. The minimum atomic E-state index is 0. The molecule has 0 saturated heterocycles. The second-order valence-corrected chi connectivity index (χ2v) is 0. The van der Waals surface area contributed by atoms with Gasteiger partial charge in [0.2, 0.25) is 0 Å². The van der Waals surface area contributed by atoms with Gasteiger partial charge in [-0.05, 0) is 0 Å². The molecule has 0 unspecified atom stereocenters. The van der Waals surface area contributed by atoms with Crippen LogP contribution >= 0.6 is 0 Å². The van der Waals surface area contributed by atoms with Crippen molar-refractivity contribution >= 4 is 0 Å². The zero-order chi connectivity index (χ0) is 0. The quantitative estimate of drug-likeness (QED) is 0.398. The molecule has 9 heavy (non-hydrogen) atoms. The van der Waals surface area contributed by atoms with E-state index in [1.165, 1.54) is 0 Å². The Morgan fingerprint density at radius 3 is 0.222 bits per heavy atom. The first kappa shape index (κ1) is 142. The molecule has 0 spiro atoms. The molecule has 0 aromatic carbocycles. The Morgan fingerprint density at radius 2 is 0.222 bits per heavy atom. The topological polar surface area (TPSA) is 0 Å². The van der Waals surface area contributed by atoms with Crippen molar-refractivity contribution in [2.24, 2.45) is 0 Å². The fourth-order valence-electron chi connectivity index (χ4n) is 0. The van der Waals surface area contributed by atoms with Crippen molar-refractivity contribution in [3.63, 3.8) is 0 Å². The van der Waals surface area contributed by atoms with E-state index in [1.54, 1.807) is 0 Å². The zero-order valence-electron chi connectivity index (χ0n) is 3.49. The monoisotopic (exact) mass is 366 g/mol. The average Bonchev–Trinajstić information content (AvgIpc) is 0. The summed E-state index contributed by atoms with van der Waals surface area (Å²) in [5.74, 6) is 0. The third-order valence-corrected chi connectivity index (χ3v) is 0. The van der Waals surface area contributed by atoms with Crippen LogP contribution in [0.2, 0.25) is 0 Å². The van der Waals surface area contributed by atoms with E-state index in [9.17, 15) is 0 Å². The minimum Gasteiger partial charge on any atom is -1.00 e. The van der Waals surface area contributed by atoms with E-state index in [4.69, 9.17) is 0 Å². The first-order valence-electron chi connectivity index (χ1n) is 0. The van der Waals surface area contributed by atoms with Gasteiger partial charge < -0.3 is 74.4 Å². The molecule has 0 N–H and O–H groups in total. The van der Waals surface area contributed by atoms with Gasteiger partial charge in [0.25, 0.3) is 0 Å². The first-order valence-corrected chi connectivity index (χ1v) is 0. The predicted molar refractivity (Wildman–Crippen MR) is 0 cm³/mol. The third kappa shape index (κ3) is 88.7. The largest absolute Gasteiger partial charge is 2.00 e. The van der Waals surface area contributed by atoms with Crippen LogP contribution in [0.4, 0.5) is 0 Å². The maximum Gasteiger partial charge on any atom is 2.00 e. The van der Waals surface area contributed by atoms with E-state index in [-0.39, 0.29) is 127 Å². The molecular weight excluding hydrogens is 369 g/mol. The summed E-state index contributed by atoms with van der Waals surface area (Å²) in [6.07, 6.45) is 0. The molecule has 0 fully saturated rings. The molecule has 0 heterocycles. The van der Waals surface area contributed by atoms with Gasteiger partial charge in [-0.15, -0.1) is 0 Å². The van der Waals surface area contributed by atoms with Crippen molar-refractivity contribution in [2.45, 2.75) is 0 Å². The molecule has 0 aromatic heterocycles. The molecule has 0 amide bonds. The molecule has 0 bridgehead atoms. The maximum absolute atomic E-state index is 0. The van der Waals surface area contributed by atoms with Crippen LogP contribution in [0.15, 0.2) is 0 Å². The molecule has 0 atom stereocenters. The van der Waals surface area contributed by atoms with Crippen molar-refractivity contribution in [2.75, 3.05) is 0 Å². The Kier molecular flexibility index (Phi) is 1720. The summed E-state index contributed by atoms with van der Waals surface area (Å²) >= 11 is 0. The average molecular weight is 369 g/mol. The Balaban J connectivity index is 0. The first-order chi connectivity index (χ1) is 0. The van der Waals surface area contributed by atoms with Gasteiger partial charge in [-0.2, -0.15) is 0 Å². The minimum absolute atomic E-state index is 0. The van der Waals surface area contributed by atoms with Gasteiger partial charge in [-0.1, -0.05) is 0 Å². The van der Waals surface area contributed by atoms with E-state index in [2.05, 4.69) is 0 Å². The van der Waals surface area contributed by atoms with Gasteiger partial charge in [-0.25, -0.2) is 0 Å². The summed E-state index contributed by atoms with van der Waals surface area (Å²) < 4.78 is 0. The van der Waals surface area contributed by atoms with Crippen LogP contribution in [0.25, 0.3) is 0 Å². The van der Waals surface area contributed by atoms with Gasteiger partial charge in [0, 0.05) is 0 Å². The summed E-state index contributed by atoms with van der Waals surface area (Å²) in [4.78, 5) is 0. The smallest absolute Gasteiger partial charge is 1.00 e. The fourth-order valence-corrected chi connectivity index (χ4v) is 0. The molecule has 0 saturated carbocycles. The van der Waals surface area contributed by atoms with E-state index in [1.807, 2.05) is 0 Å². The van der Waals surface area contributed by atoms with Crippen LogP contribution in [-0.2, 0) is 52.1 Å². The van der Waals surface area contributed by atoms with Crippen LogP contribution < -0.4 is 74.4 Å². The Morgan fingerprint density at radius 1 is 0.222 bits per heavy atom. The summed E-state index contributed by atoms with van der Waals surface area (Å²) in [7, 11) is 0. The van der Waals surface area contributed by atoms with E-state index in [0.29, 0.717) is 0 Å². The van der Waals surface area contributed by atoms with Crippen LogP contribution in [0, 0.1) is 0 Å². The Labute approximate surface area is 125 Å². The molecule has 0 aliphatic carbocycles. The van der Waals surface area contributed by atoms with Gasteiger partial charge >= 0.3 is 52.1 Å². The number of hydrogen-bond acceptors (Lipinski definition) is 0. The summed E-state index contributed by atoms with van der Waals surface area (Å²) in [5.41, 5.74) is 0. The molecule has 0 aliphatic rings. The molecule has 60 valence electrons. The SMILES string of the molecule is [Cl-].[Cl-].[Cl-].[Cl-].[Cl-].[Cl-].[Cr+2].[Cr+2].[Cr+2]. The van der Waals surface area contributed by atoms with E-state index >= 15 is 0 Å². The van der Waals surface area contributed by atoms with E-state index in [0.717, 1.165) is 0 Å². The number of hydrogen-bond donors (Lipinski definition) is 0. The molecule has 0 radical (unpaired) electrons. The molecular formula is Cl6Cr3. The van der Waals surface area contributed by atoms with Crippen molar-refractivity contribution < 1.29 is 127 Å². The Bertz CT molecular complexity index is 8.26. The molecule has 0 aromatic rings. The van der Waals surface area contributed by atoms with Gasteiger partial charge in [-0.3, -0.25) is 0 Å². The number of rotatable bonds is 0. The van der Waals surface area contributed by atoms with E-state index < -0.39 is 0 Å². The maximum atomic E-state index is 0. The van der Waals surface area contributed by atoms with Crippen molar-refractivity contribution in [1.82, 2.24) is 0 Å². The van der Waals surface area contributed by atoms with Crippen molar-refractivity contribution in [3.8, 4) is 0 Å². The molecule has 0 nitrogen and oxygen atoms in total. The molecule has 9 heteroatoms. The Hall–Kier alpha value is 3.34. The second kappa shape index (κ2) is 109. The normalized spacial score (nSPS) is 0. The standard InChI is InChI=1S/6ClH.3Cr/h6*1H;;;/q;;;;;;3*+2/p-6.